The van der Waals surface area contributed by atoms with Crippen molar-refractivity contribution in [3.05, 3.63) is 29.8 Å². The Bertz CT molecular complexity index is 541. The van der Waals surface area contributed by atoms with Gasteiger partial charge >= 0.3 is 5.97 Å². The number of carbonyl (C=O) groups is 1. The van der Waals surface area contributed by atoms with Gasteiger partial charge in [-0.15, -0.1) is 0 Å². The molecule has 0 aliphatic rings. The summed E-state index contributed by atoms with van der Waals surface area (Å²) < 4.78 is 31.2. The first-order valence-corrected chi connectivity index (χ1v) is 7.33. The van der Waals surface area contributed by atoms with Crippen molar-refractivity contribution in [1.82, 2.24) is 0 Å². The van der Waals surface area contributed by atoms with Crippen molar-refractivity contribution in [1.29, 1.82) is 0 Å². The van der Waals surface area contributed by atoms with Gasteiger partial charge in [0.2, 0.25) is 10.0 Å². The van der Waals surface area contributed by atoms with E-state index in [4.69, 9.17) is 9.84 Å². The second-order valence-electron chi connectivity index (χ2n) is 3.92. The molecule has 0 aliphatic heterocycles. The SMILES string of the molecule is CCOCc1ccccc1NS(=O)(=O)C(C)C(=O)O. The average molecular weight is 287 g/mol. The van der Waals surface area contributed by atoms with Crippen LogP contribution >= 0.6 is 0 Å². The van der Waals surface area contributed by atoms with Crippen molar-refractivity contribution in [3.8, 4) is 0 Å². The number of para-hydroxylation sites is 1. The quantitative estimate of drug-likeness (QED) is 0.791. The second kappa shape index (κ2) is 6.53. The fourth-order valence-electron chi connectivity index (χ4n) is 1.33. The molecular weight excluding hydrogens is 270 g/mol. The third-order valence-corrected chi connectivity index (χ3v) is 4.18. The molecule has 0 aromatic heterocycles. The number of sulfonamides is 1. The molecule has 0 heterocycles. The minimum atomic E-state index is -3.97. The average Bonchev–Trinajstić information content (AvgIpc) is 2.36. The van der Waals surface area contributed by atoms with E-state index in [1.54, 1.807) is 24.3 Å². The van der Waals surface area contributed by atoms with Gasteiger partial charge in [-0.2, -0.15) is 0 Å². The van der Waals surface area contributed by atoms with Gasteiger partial charge in [0.25, 0.3) is 0 Å². The van der Waals surface area contributed by atoms with Crippen molar-refractivity contribution in [3.63, 3.8) is 0 Å². The molecule has 19 heavy (non-hydrogen) atoms. The lowest BCUT2D eigenvalue weighted by molar-refractivity contribution is -0.136. The largest absolute Gasteiger partial charge is 0.480 e. The van der Waals surface area contributed by atoms with Crippen LogP contribution in [-0.2, 0) is 26.2 Å². The summed E-state index contributed by atoms with van der Waals surface area (Å²) in [4.78, 5) is 10.7. The zero-order chi connectivity index (χ0) is 14.5. The van der Waals surface area contributed by atoms with Crippen LogP contribution < -0.4 is 4.72 Å². The second-order valence-corrected chi connectivity index (χ2v) is 5.92. The third kappa shape index (κ3) is 4.22. The Balaban J connectivity index is 2.96. The van der Waals surface area contributed by atoms with E-state index in [0.717, 1.165) is 6.92 Å². The van der Waals surface area contributed by atoms with Crippen LogP contribution in [-0.4, -0.2) is 31.4 Å². The number of hydrogen-bond acceptors (Lipinski definition) is 4. The van der Waals surface area contributed by atoms with E-state index in [1.165, 1.54) is 0 Å². The first kappa shape index (κ1) is 15.5. The highest BCUT2D eigenvalue weighted by atomic mass is 32.2. The van der Waals surface area contributed by atoms with Crippen LogP contribution in [0.2, 0.25) is 0 Å². The van der Waals surface area contributed by atoms with Gasteiger partial charge in [-0.25, -0.2) is 8.42 Å². The highest BCUT2D eigenvalue weighted by molar-refractivity contribution is 7.94. The third-order valence-electron chi connectivity index (χ3n) is 2.54. The van der Waals surface area contributed by atoms with E-state index >= 15 is 0 Å². The van der Waals surface area contributed by atoms with E-state index in [9.17, 15) is 13.2 Å². The lowest BCUT2D eigenvalue weighted by atomic mass is 10.2. The fraction of sp³-hybridized carbons (Fsp3) is 0.417. The van der Waals surface area contributed by atoms with Crippen molar-refractivity contribution < 1.29 is 23.1 Å². The van der Waals surface area contributed by atoms with Gasteiger partial charge in [0.1, 0.15) is 0 Å². The van der Waals surface area contributed by atoms with Gasteiger partial charge in [0.15, 0.2) is 5.25 Å². The molecule has 106 valence electrons. The van der Waals surface area contributed by atoms with Gasteiger partial charge in [-0.05, 0) is 19.9 Å². The van der Waals surface area contributed by atoms with Gasteiger partial charge in [0.05, 0.1) is 12.3 Å². The highest BCUT2D eigenvalue weighted by Gasteiger charge is 2.28. The molecule has 1 aromatic rings. The molecule has 0 spiro atoms. The molecule has 7 heteroatoms. The van der Waals surface area contributed by atoms with Crippen molar-refractivity contribution in [2.24, 2.45) is 0 Å². The summed E-state index contributed by atoms with van der Waals surface area (Å²) >= 11 is 0. The number of rotatable bonds is 7. The van der Waals surface area contributed by atoms with Crippen molar-refractivity contribution in [2.45, 2.75) is 25.7 Å². The zero-order valence-corrected chi connectivity index (χ0v) is 11.6. The molecule has 0 radical (unpaired) electrons. The molecule has 0 saturated carbocycles. The molecule has 1 rings (SSSR count). The Kier molecular flexibility index (Phi) is 5.31. The van der Waals surface area contributed by atoms with E-state index in [2.05, 4.69) is 4.72 Å². The Morgan fingerprint density at radius 1 is 1.42 bits per heavy atom. The van der Waals surface area contributed by atoms with Crippen LogP contribution in [0.15, 0.2) is 24.3 Å². The molecule has 0 fully saturated rings. The Morgan fingerprint density at radius 2 is 2.05 bits per heavy atom. The molecule has 1 aromatic carbocycles. The minimum absolute atomic E-state index is 0.261. The molecule has 2 N–H and O–H groups in total. The predicted octanol–water partition coefficient (Wildman–Crippen LogP) is 1.44. The number of hydrogen-bond donors (Lipinski definition) is 2. The summed E-state index contributed by atoms with van der Waals surface area (Å²) in [6.07, 6.45) is 0. The van der Waals surface area contributed by atoms with Gasteiger partial charge in [-0.3, -0.25) is 9.52 Å². The number of benzene rings is 1. The van der Waals surface area contributed by atoms with Crippen LogP contribution in [0.25, 0.3) is 0 Å². The number of carboxylic acid groups (broad SMARTS) is 1. The van der Waals surface area contributed by atoms with Crippen LogP contribution in [0.3, 0.4) is 0 Å². The van der Waals surface area contributed by atoms with Gasteiger partial charge < -0.3 is 9.84 Å². The van der Waals surface area contributed by atoms with Crippen LogP contribution in [0.5, 0.6) is 0 Å². The molecule has 0 aliphatic carbocycles. The van der Waals surface area contributed by atoms with E-state index in [0.29, 0.717) is 17.9 Å². The summed E-state index contributed by atoms with van der Waals surface area (Å²) in [5.74, 6) is -1.39. The highest BCUT2D eigenvalue weighted by Crippen LogP contribution is 2.19. The molecule has 6 nitrogen and oxygen atoms in total. The molecule has 1 atom stereocenters. The summed E-state index contributed by atoms with van der Waals surface area (Å²) in [6, 6.07) is 6.71. The van der Waals surface area contributed by atoms with Crippen LogP contribution in [0, 0.1) is 0 Å². The fourth-order valence-corrected chi connectivity index (χ4v) is 2.28. The van der Waals surface area contributed by atoms with E-state index in [1.807, 2.05) is 6.92 Å². The maximum Gasteiger partial charge on any atom is 0.323 e. The maximum absolute atomic E-state index is 11.8. The number of nitrogens with one attached hydrogen (secondary N) is 1. The monoisotopic (exact) mass is 287 g/mol. The van der Waals surface area contributed by atoms with Crippen molar-refractivity contribution >= 4 is 21.7 Å². The summed E-state index contributed by atoms with van der Waals surface area (Å²) in [7, 11) is -3.97. The Hall–Kier alpha value is -1.60. The Morgan fingerprint density at radius 3 is 2.63 bits per heavy atom. The van der Waals surface area contributed by atoms with E-state index < -0.39 is 21.2 Å². The lowest BCUT2D eigenvalue weighted by Crippen LogP contribution is -2.32. The lowest BCUT2D eigenvalue weighted by Gasteiger charge is -2.14. The molecule has 0 saturated heterocycles. The predicted molar refractivity (Wildman–Crippen MR) is 71.4 cm³/mol. The maximum atomic E-state index is 11.8. The van der Waals surface area contributed by atoms with Crippen molar-refractivity contribution in [2.75, 3.05) is 11.3 Å². The first-order valence-electron chi connectivity index (χ1n) is 5.78. The van der Waals surface area contributed by atoms with Gasteiger partial charge in [0, 0.05) is 12.2 Å². The molecular formula is C12H17NO5S. The number of ether oxygens (including phenoxy) is 1. The summed E-state index contributed by atoms with van der Waals surface area (Å²) in [5.41, 5.74) is 0.995. The molecule has 1 unspecified atom stereocenters. The number of aliphatic carboxylic acids is 1. The zero-order valence-electron chi connectivity index (χ0n) is 10.8. The summed E-state index contributed by atoms with van der Waals surface area (Å²) in [6.45, 7) is 3.72. The topological polar surface area (TPSA) is 92.7 Å². The summed E-state index contributed by atoms with van der Waals surface area (Å²) in [5, 5.41) is 7.24. The normalized spacial score (nSPS) is 12.9. The van der Waals surface area contributed by atoms with E-state index in [-0.39, 0.29) is 6.61 Å². The number of anilines is 1. The standard InChI is InChI=1S/C12H17NO5S/c1-3-18-8-10-6-4-5-7-11(10)13-19(16,17)9(2)12(14)15/h4-7,9,13H,3,8H2,1-2H3,(H,14,15). The number of carboxylic acids is 1. The Labute approximate surface area is 112 Å². The first-order chi connectivity index (χ1) is 8.88. The molecule has 0 amide bonds. The smallest absolute Gasteiger partial charge is 0.323 e. The van der Waals surface area contributed by atoms with Gasteiger partial charge in [-0.1, -0.05) is 18.2 Å². The minimum Gasteiger partial charge on any atom is -0.480 e. The molecule has 0 bridgehead atoms. The van der Waals surface area contributed by atoms with Crippen LogP contribution in [0.1, 0.15) is 19.4 Å². The van der Waals surface area contributed by atoms with Crippen LogP contribution in [0.4, 0.5) is 5.69 Å².